The largest absolute Gasteiger partial charge is 0.507 e. The number of carboxylic acid groups (broad SMARTS) is 1. The van der Waals surface area contributed by atoms with Gasteiger partial charge in [0.05, 0.1) is 7.08 Å². The van der Waals surface area contributed by atoms with Crippen LogP contribution in [0.1, 0.15) is 15.9 Å². The van der Waals surface area contributed by atoms with Crippen LogP contribution in [0.3, 0.4) is 0 Å². The van der Waals surface area contributed by atoms with Gasteiger partial charge in [-0.25, -0.2) is 4.79 Å². The van der Waals surface area contributed by atoms with Crippen molar-refractivity contribution in [1.29, 1.82) is 0 Å². The van der Waals surface area contributed by atoms with E-state index in [-0.39, 0.29) is 73.5 Å². The summed E-state index contributed by atoms with van der Waals surface area (Å²) in [5.41, 5.74) is 0.850. The second-order valence-electron chi connectivity index (χ2n) is 2.77. The predicted molar refractivity (Wildman–Crippen MR) is 93.4 cm³/mol. The van der Waals surface area contributed by atoms with E-state index in [1.807, 2.05) is 0 Å². The van der Waals surface area contributed by atoms with Crippen molar-refractivity contribution < 1.29 is 15.0 Å². The van der Waals surface area contributed by atoms with Crippen LogP contribution in [-0.4, -0.2) is 21.7 Å². The second-order valence-corrected chi connectivity index (χ2v) is 16.2. The number of carboxylic acids is 1. The maximum absolute atomic E-state index is 11.1. The van der Waals surface area contributed by atoms with Crippen molar-refractivity contribution in [2.24, 2.45) is 0 Å². The molecule has 0 saturated carbocycles. The molecule has 0 aliphatic carbocycles. The average Bonchev–Trinajstić information content (AvgIpc) is 2.29. The van der Waals surface area contributed by atoms with Crippen molar-refractivity contribution in [3.63, 3.8) is 0 Å². The summed E-state index contributed by atoms with van der Waals surface area (Å²) in [7, 11) is 0. The van der Waals surface area contributed by atoms with Gasteiger partial charge in [-0.15, -0.1) is 0 Å². The van der Waals surface area contributed by atoms with Gasteiger partial charge in [-0.2, -0.15) is 0 Å². The molecule has 0 saturated heterocycles. The summed E-state index contributed by atoms with van der Waals surface area (Å²) in [4.78, 5) is 11.1. The number of halogens is 3. The molecule has 0 fully saturated rings. The van der Waals surface area contributed by atoms with Gasteiger partial charge >= 0.3 is 5.97 Å². The number of hydrogen-bond donors (Lipinski definition) is 2. The van der Waals surface area contributed by atoms with Crippen LogP contribution in [0.4, 0.5) is 0 Å². The molecule has 16 heavy (non-hydrogen) atoms. The molecular formula is C10H7I3O3. The Balaban J connectivity index is 2.63. The van der Waals surface area contributed by atoms with Gasteiger partial charge in [0.2, 0.25) is 0 Å². The Morgan fingerprint density at radius 2 is 2.06 bits per heavy atom. The highest BCUT2D eigenvalue weighted by Crippen LogP contribution is 2.32. The fraction of sp³-hybridized carbons (Fsp3) is 0. The molecule has 1 aromatic rings. The maximum Gasteiger partial charge on any atom is 0.336 e. The van der Waals surface area contributed by atoms with E-state index in [1.54, 1.807) is 18.2 Å². The van der Waals surface area contributed by atoms with Crippen molar-refractivity contribution in [1.82, 2.24) is 0 Å². The summed E-state index contributed by atoms with van der Waals surface area (Å²) >= 11 is -0.150. The van der Waals surface area contributed by atoms with Crippen LogP contribution in [0, 0.1) is 0 Å². The molecule has 1 aliphatic heterocycles. The summed E-state index contributed by atoms with van der Waals surface area (Å²) in [5, 5.41) is 18.9. The first kappa shape index (κ1) is 12.7. The highest BCUT2D eigenvalue weighted by Gasteiger charge is 2.17. The lowest BCUT2D eigenvalue weighted by Gasteiger charge is -2.08. The predicted octanol–water partition coefficient (Wildman–Crippen LogP) is 3.01. The van der Waals surface area contributed by atoms with Crippen LogP contribution in [-0.2, 0) is 0 Å². The van der Waals surface area contributed by atoms with Crippen molar-refractivity contribution in [2.75, 3.05) is 0 Å². The average molecular weight is 556 g/mol. The normalized spacial score (nSPS) is 15.1. The number of benzene rings is 1. The molecule has 1 heterocycles. The Kier molecular flexibility index (Phi) is 4.58. The first-order valence-electron chi connectivity index (χ1n) is 4.15. The number of aromatic carboxylic acids is 1. The maximum atomic E-state index is 11.1. The Hall–Kier alpha value is 0.290. The lowest BCUT2D eigenvalue weighted by atomic mass is 10.1. The molecular weight excluding hydrogens is 549 g/mol. The highest BCUT2D eigenvalue weighted by atomic mass is 127. The van der Waals surface area contributed by atoms with Crippen molar-refractivity contribution >= 4 is 73.7 Å². The molecule has 2 N–H and O–H groups in total. The first-order valence-corrected chi connectivity index (χ1v) is 11.3. The van der Waals surface area contributed by atoms with E-state index in [9.17, 15) is 9.90 Å². The molecule has 1 aromatic carbocycles. The third-order valence-corrected chi connectivity index (χ3v) is 15.0. The minimum atomic E-state index is -0.952. The Morgan fingerprint density at radius 1 is 1.25 bits per heavy atom. The summed E-state index contributed by atoms with van der Waals surface area (Å²) < 4.78 is 5.88. The summed E-state index contributed by atoms with van der Waals surface area (Å²) in [6.45, 7) is 0. The molecule has 0 unspecified atom stereocenters. The molecule has 0 atom stereocenters. The van der Waals surface area contributed by atoms with E-state index in [4.69, 9.17) is 5.11 Å². The lowest BCUT2D eigenvalue weighted by molar-refractivity contribution is 0.0696. The van der Waals surface area contributed by atoms with E-state index >= 15 is 0 Å². The van der Waals surface area contributed by atoms with Crippen molar-refractivity contribution in [3.05, 3.63) is 29.3 Å². The SMILES string of the molecule is O=C(O)c1cccc(O)c1C1=IC=IC=I1. The van der Waals surface area contributed by atoms with E-state index in [0.29, 0.717) is 5.56 Å². The smallest absolute Gasteiger partial charge is 0.336 e. The number of rotatable bonds is 2. The standard InChI is InChI=1S/C10H7I3O3/c14-7-3-1-2-6(10(15)16)8(7)9-12-4-11-5-13-9/h1-5,14H,(H,15,16). The van der Waals surface area contributed by atoms with Gasteiger partial charge in [0.15, 0.2) is 0 Å². The zero-order valence-electron chi connectivity index (χ0n) is 7.82. The Bertz CT molecular complexity index is 532. The first-order chi connectivity index (χ1) is 7.70. The fourth-order valence-electron chi connectivity index (χ4n) is 1.19. The third kappa shape index (κ3) is 2.75. The fourth-order valence-corrected chi connectivity index (χ4v) is 22.7. The van der Waals surface area contributed by atoms with Crippen LogP contribution in [0.2, 0.25) is 0 Å². The molecule has 3 nitrogen and oxygen atoms in total. The minimum absolute atomic E-state index is 0.121. The number of phenolic OH excluding ortho intramolecular Hbond substituents is 1. The number of hydrogen-bond acceptors (Lipinski definition) is 2. The number of phenols is 1. The number of carbonyl (C=O) groups is 1. The van der Waals surface area contributed by atoms with Crippen molar-refractivity contribution in [3.8, 4) is 5.75 Å². The Labute approximate surface area is 122 Å². The molecule has 0 radical (unpaired) electrons. The van der Waals surface area contributed by atoms with Gasteiger partial charge in [-0.1, -0.05) is 68.3 Å². The molecule has 1 aliphatic rings. The Morgan fingerprint density at radius 3 is 2.69 bits per heavy atom. The number of aromatic hydroxyl groups is 1. The zero-order chi connectivity index (χ0) is 11.5. The van der Waals surface area contributed by atoms with E-state index in [2.05, 4.69) is 4.04 Å². The minimum Gasteiger partial charge on any atom is -0.507 e. The third-order valence-electron chi connectivity index (χ3n) is 1.83. The lowest BCUT2D eigenvalue weighted by Crippen LogP contribution is -2.05. The molecule has 0 amide bonds. The van der Waals surface area contributed by atoms with Crippen LogP contribution < -0.4 is 0 Å². The monoisotopic (exact) mass is 556 g/mol. The molecule has 0 aromatic heterocycles. The van der Waals surface area contributed by atoms with Gasteiger partial charge in [-0.3, -0.25) is 0 Å². The van der Waals surface area contributed by atoms with Gasteiger partial charge in [-0.05, 0) is 12.1 Å². The van der Waals surface area contributed by atoms with Crippen LogP contribution in [0.5, 0.6) is 5.75 Å². The summed E-state index contributed by atoms with van der Waals surface area (Å²) in [6.07, 6.45) is 0. The van der Waals surface area contributed by atoms with Gasteiger partial charge < -0.3 is 10.2 Å². The van der Waals surface area contributed by atoms with Gasteiger partial charge in [0.1, 0.15) is 5.75 Å². The van der Waals surface area contributed by atoms with E-state index in [0.717, 1.165) is 0 Å². The van der Waals surface area contributed by atoms with Crippen LogP contribution in [0.25, 0.3) is 0 Å². The van der Waals surface area contributed by atoms with Crippen LogP contribution in [0.15, 0.2) is 18.2 Å². The van der Waals surface area contributed by atoms with Gasteiger partial charge in [0.25, 0.3) is 0 Å². The molecule has 0 spiro atoms. The van der Waals surface area contributed by atoms with Crippen molar-refractivity contribution in [2.45, 2.75) is 0 Å². The molecule has 6 heteroatoms. The zero-order valence-corrected chi connectivity index (χ0v) is 14.3. The topological polar surface area (TPSA) is 57.5 Å². The second kappa shape index (κ2) is 5.76. The van der Waals surface area contributed by atoms with Gasteiger partial charge in [0, 0.05) is 9.60 Å². The summed E-state index contributed by atoms with van der Waals surface area (Å²) in [6, 6.07) is 4.73. The quantitative estimate of drug-likeness (QED) is 0.552. The highest BCUT2D eigenvalue weighted by molar-refractivity contribution is 14.3. The van der Waals surface area contributed by atoms with E-state index in [1.165, 1.54) is 1.52 Å². The molecule has 2 rings (SSSR count). The van der Waals surface area contributed by atoms with Crippen LogP contribution >= 0.6 is 62.2 Å². The summed E-state index contributed by atoms with van der Waals surface area (Å²) in [5.74, 6) is -0.831. The molecule has 0 bridgehead atoms. The molecule has 86 valence electrons. The van der Waals surface area contributed by atoms with E-state index < -0.39 is 5.97 Å².